The van der Waals surface area contributed by atoms with Crippen LogP contribution in [-0.4, -0.2) is 31.3 Å². The lowest BCUT2D eigenvalue weighted by Gasteiger charge is -2.17. The van der Waals surface area contributed by atoms with Crippen LogP contribution in [0.2, 0.25) is 0 Å². The molecule has 0 aromatic carbocycles. The molecule has 18 heavy (non-hydrogen) atoms. The van der Waals surface area contributed by atoms with E-state index in [4.69, 9.17) is 15.2 Å². The molecule has 0 saturated heterocycles. The largest absolute Gasteiger partial charge is 0.476 e. The third-order valence-electron chi connectivity index (χ3n) is 2.55. The van der Waals surface area contributed by atoms with E-state index in [9.17, 15) is 0 Å². The Morgan fingerprint density at radius 2 is 2.17 bits per heavy atom. The van der Waals surface area contributed by atoms with Gasteiger partial charge >= 0.3 is 0 Å². The third kappa shape index (κ3) is 4.41. The molecular formula is C13H23N3O2. The first kappa shape index (κ1) is 14.6. The highest BCUT2D eigenvalue weighted by Crippen LogP contribution is 2.21. The van der Waals surface area contributed by atoms with Crippen molar-refractivity contribution >= 4 is 11.5 Å². The number of anilines is 2. The molecule has 1 aromatic rings. The molecule has 0 amide bonds. The third-order valence-corrected chi connectivity index (χ3v) is 2.55. The number of nitrogens with two attached hydrogens (primary N) is 1. The number of aromatic nitrogens is 1. The fourth-order valence-corrected chi connectivity index (χ4v) is 1.52. The van der Waals surface area contributed by atoms with E-state index in [2.05, 4.69) is 17.2 Å². The lowest BCUT2D eigenvalue weighted by molar-refractivity contribution is 0.184. The predicted octanol–water partition coefficient (Wildman–Crippen LogP) is 2.29. The average molecular weight is 253 g/mol. The summed E-state index contributed by atoms with van der Waals surface area (Å²) in [6.45, 7) is 5.41. The monoisotopic (exact) mass is 253 g/mol. The number of nitrogens with zero attached hydrogens (tertiary/aromatic N) is 1. The SMILES string of the molecule is CCCOc1nc(NC(CC)COC)ccc1N. The van der Waals surface area contributed by atoms with Gasteiger partial charge in [-0.15, -0.1) is 0 Å². The Hall–Kier alpha value is -1.49. The Balaban J connectivity index is 2.70. The van der Waals surface area contributed by atoms with Gasteiger partial charge in [0.05, 0.1) is 24.9 Å². The van der Waals surface area contributed by atoms with Crippen LogP contribution in [0.25, 0.3) is 0 Å². The summed E-state index contributed by atoms with van der Waals surface area (Å²) < 4.78 is 10.6. The molecule has 0 fully saturated rings. The highest BCUT2D eigenvalue weighted by molar-refractivity contribution is 5.53. The molecule has 1 rings (SSSR count). The van der Waals surface area contributed by atoms with Gasteiger partial charge in [-0.1, -0.05) is 13.8 Å². The fourth-order valence-electron chi connectivity index (χ4n) is 1.52. The molecule has 5 nitrogen and oxygen atoms in total. The molecular weight excluding hydrogens is 230 g/mol. The van der Waals surface area contributed by atoms with Crippen LogP contribution in [0.15, 0.2) is 12.1 Å². The standard InChI is InChI=1S/C13H23N3O2/c1-4-8-18-13-11(14)6-7-12(16-13)15-10(5-2)9-17-3/h6-7,10H,4-5,8-9,14H2,1-3H3,(H,15,16). The number of ether oxygens (including phenoxy) is 2. The van der Waals surface area contributed by atoms with Crippen molar-refractivity contribution in [2.75, 3.05) is 31.4 Å². The molecule has 3 N–H and O–H groups in total. The topological polar surface area (TPSA) is 69.4 Å². The van der Waals surface area contributed by atoms with Gasteiger partial charge in [0.2, 0.25) is 5.88 Å². The second-order valence-electron chi connectivity index (χ2n) is 4.14. The molecule has 1 aromatic heterocycles. The summed E-state index contributed by atoms with van der Waals surface area (Å²) in [4.78, 5) is 4.37. The Morgan fingerprint density at radius 3 is 2.78 bits per heavy atom. The van der Waals surface area contributed by atoms with Crippen molar-refractivity contribution in [2.24, 2.45) is 0 Å². The number of nitrogen functional groups attached to an aromatic ring is 1. The normalized spacial score (nSPS) is 12.2. The number of rotatable bonds is 8. The van der Waals surface area contributed by atoms with E-state index in [-0.39, 0.29) is 6.04 Å². The van der Waals surface area contributed by atoms with Crippen LogP contribution in [0, 0.1) is 0 Å². The first-order valence-corrected chi connectivity index (χ1v) is 6.36. The summed E-state index contributed by atoms with van der Waals surface area (Å²) in [5, 5.41) is 3.30. The van der Waals surface area contributed by atoms with Crippen molar-refractivity contribution in [2.45, 2.75) is 32.7 Å². The molecule has 0 aliphatic heterocycles. The number of methoxy groups -OCH3 is 1. The minimum Gasteiger partial charge on any atom is -0.476 e. The fraction of sp³-hybridized carbons (Fsp3) is 0.615. The Kier molecular flexibility index (Phi) is 6.28. The molecule has 0 aliphatic rings. The molecule has 0 spiro atoms. The first-order valence-electron chi connectivity index (χ1n) is 6.36. The van der Waals surface area contributed by atoms with Gasteiger partial charge in [-0.3, -0.25) is 0 Å². The van der Waals surface area contributed by atoms with E-state index in [1.165, 1.54) is 0 Å². The summed E-state index contributed by atoms with van der Waals surface area (Å²) in [5.74, 6) is 1.26. The van der Waals surface area contributed by atoms with Crippen LogP contribution >= 0.6 is 0 Å². The van der Waals surface area contributed by atoms with Gasteiger partial charge in [0.1, 0.15) is 5.82 Å². The molecule has 0 bridgehead atoms. The first-order chi connectivity index (χ1) is 8.71. The predicted molar refractivity (Wildman–Crippen MR) is 74.0 cm³/mol. The summed E-state index contributed by atoms with van der Waals surface area (Å²) in [6.07, 6.45) is 1.89. The second kappa shape index (κ2) is 7.76. The van der Waals surface area contributed by atoms with Crippen molar-refractivity contribution in [3.63, 3.8) is 0 Å². The van der Waals surface area contributed by atoms with Crippen molar-refractivity contribution in [1.29, 1.82) is 0 Å². The molecule has 1 atom stereocenters. The van der Waals surface area contributed by atoms with E-state index in [0.29, 0.717) is 24.8 Å². The maximum Gasteiger partial charge on any atom is 0.239 e. The summed E-state index contributed by atoms with van der Waals surface area (Å²) in [6, 6.07) is 3.90. The van der Waals surface area contributed by atoms with E-state index in [1.807, 2.05) is 13.0 Å². The Morgan fingerprint density at radius 1 is 1.39 bits per heavy atom. The highest BCUT2D eigenvalue weighted by atomic mass is 16.5. The molecule has 0 aliphatic carbocycles. The average Bonchev–Trinajstić information content (AvgIpc) is 2.38. The van der Waals surface area contributed by atoms with Crippen molar-refractivity contribution in [3.8, 4) is 5.88 Å². The number of nitrogens with one attached hydrogen (secondary N) is 1. The minimum atomic E-state index is 0.241. The van der Waals surface area contributed by atoms with Gasteiger partial charge in [0, 0.05) is 7.11 Å². The van der Waals surface area contributed by atoms with Gasteiger partial charge in [-0.05, 0) is 25.0 Å². The second-order valence-corrected chi connectivity index (χ2v) is 4.14. The van der Waals surface area contributed by atoms with Crippen LogP contribution in [0.3, 0.4) is 0 Å². The lowest BCUT2D eigenvalue weighted by atomic mass is 10.2. The summed E-state index contributed by atoms with van der Waals surface area (Å²) in [7, 11) is 1.69. The lowest BCUT2D eigenvalue weighted by Crippen LogP contribution is -2.24. The maximum absolute atomic E-state index is 5.81. The van der Waals surface area contributed by atoms with Gasteiger partial charge in [0.25, 0.3) is 0 Å². The van der Waals surface area contributed by atoms with Crippen molar-refractivity contribution in [3.05, 3.63) is 12.1 Å². The molecule has 102 valence electrons. The van der Waals surface area contributed by atoms with Crippen LogP contribution < -0.4 is 15.8 Å². The van der Waals surface area contributed by atoms with E-state index < -0.39 is 0 Å². The molecule has 0 radical (unpaired) electrons. The number of hydrogen-bond acceptors (Lipinski definition) is 5. The van der Waals surface area contributed by atoms with E-state index in [0.717, 1.165) is 18.7 Å². The Bertz CT molecular complexity index is 358. The number of hydrogen-bond donors (Lipinski definition) is 2. The zero-order chi connectivity index (χ0) is 13.4. The molecule has 5 heteroatoms. The highest BCUT2D eigenvalue weighted by Gasteiger charge is 2.09. The van der Waals surface area contributed by atoms with Crippen LogP contribution in [0.5, 0.6) is 5.88 Å². The molecule has 0 saturated carbocycles. The smallest absolute Gasteiger partial charge is 0.239 e. The van der Waals surface area contributed by atoms with E-state index >= 15 is 0 Å². The van der Waals surface area contributed by atoms with Crippen LogP contribution in [-0.2, 0) is 4.74 Å². The molecule has 1 unspecified atom stereocenters. The van der Waals surface area contributed by atoms with Crippen molar-refractivity contribution < 1.29 is 9.47 Å². The van der Waals surface area contributed by atoms with Gasteiger partial charge in [0.15, 0.2) is 0 Å². The van der Waals surface area contributed by atoms with Crippen LogP contribution in [0.1, 0.15) is 26.7 Å². The molecule has 1 heterocycles. The number of pyridine rings is 1. The minimum absolute atomic E-state index is 0.241. The summed E-state index contributed by atoms with van der Waals surface area (Å²) >= 11 is 0. The van der Waals surface area contributed by atoms with Gasteiger partial charge < -0.3 is 20.5 Å². The van der Waals surface area contributed by atoms with Crippen molar-refractivity contribution in [1.82, 2.24) is 4.98 Å². The zero-order valence-corrected chi connectivity index (χ0v) is 11.4. The quantitative estimate of drug-likeness (QED) is 0.744. The van der Waals surface area contributed by atoms with Crippen LogP contribution in [0.4, 0.5) is 11.5 Å². The van der Waals surface area contributed by atoms with Gasteiger partial charge in [-0.25, -0.2) is 0 Å². The summed E-state index contributed by atoms with van der Waals surface area (Å²) in [5.41, 5.74) is 6.38. The van der Waals surface area contributed by atoms with Gasteiger partial charge in [-0.2, -0.15) is 4.98 Å². The zero-order valence-electron chi connectivity index (χ0n) is 11.4. The Labute approximate surface area is 109 Å². The van der Waals surface area contributed by atoms with E-state index in [1.54, 1.807) is 13.2 Å². The maximum atomic E-state index is 5.81.